The average molecular weight is 2020 g/mol. The van der Waals surface area contributed by atoms with E-state index in [1.54, 1.807) is 102 Å². The first-order valence-corrected chi connectivity index (χ1v) is 49.5. The number of carbonyl (C=O) groups excluding carboxylic acids is 5. The van der Waals surface area contributed by atoms with E-state index in [1.807, 2.05) is 162 Å². The fourth-order valence-electron chi connectivity index (χ4n) is 15.6. The van der Waals surface area contributed by atoms with Crippen LogP contribution in [0.5, 0.6) is 0 Å². The number of rotatable bonds is 38. The molecule has 0 bridgehead atoms. The Hall–Kier alpha value is -11.5. The molecule has 0 radical (unpaired) electrons. The van der Waals surface area contributed by atoms with Gasteiger partial charge in [0.1, 0.15) is 45.7 Å². The Labute approximate surface area is 841 Å². The van der Waals surface area contributed by atoms with Gasteiger partial charge in [-0.25, -0.2) is 36.8 Å². The molecule has 3 aliphatic rings. The molecule has 0 saturated heterocycles. The molecule has 140 heavy (non-hydrogen) atoms. The summed E-state index contributed by atoms with van der Waals surface area (Å²) in [5.41, 5.74) is 38.5. The topological polar surface area (TPSA) is 357 Å². The van der Waals surface area contributed by atoms with Crippen LogP contribution in [0.3, 0.4) is 0 Å². The molecule has 0 aliphatic heterocycles. The van der Waals surface area contributed by atoms with E-state index in [-0.39, 0.29) is 81.1 Å². The van der Waals surface area contributed by atoms with Crippen molar-refractivity contribution in [2.24, 2.45) is 40.7 Å². The summed E-state index contributed by atoms with van der Waals surface area (Å²) >= 11 is 0.569. The molecule has 12 aromatic rings. The van der Waals surface area contributed by atoms with E-state index < -0.39 is 40.8 Å². The molecule has 3 fully saturated rings. The summed E-state index contributed by atoms with van der Waals surface area (Å²) in [6, 6.07) is 68.4. The van der Waals surface area contributed by atoms with Gasteiger partial charge in [-0.3, -0.25) is 14.4 Å². The number of carbonyl (C=O) groups is 5. The summed E-state index contributed by atoms with van der Waals surface area (Å²) in [6.45, 7) is 25.6. The summed E-state index contributed by atoms with van der Waals surface area (Å²) in [5.74, 6) is 0.0251. The number of hydrogen-bond acceptors (Lipinski definition) is 19. The summed E-state index contributed by atoms with van der Waals surface area (Å²) in [5, 5.41) is 42.4. The number of nitrogens with two attached hydrogens (primary N) is 4. The van der Waals surface area contributed by atoms with Crippen molar-refractivity contribution < 1.29 is 59.3 Å². The van der Waals surface area contributed by atoms with Crippen LogP contribution in [0.4, 0.5) is 22.8 Å². The molecule has 748 valence electrons. The van der Waals surface area contributed by atoms with Gasteiger partial charge in [0.15, 0.2) is 17.3 Å². The van der Waals surface area contributed by atoms with Gasteiger partial charge in [0, 0.05) is 71.6 Å². The molecule has 3 atom stereocenters. The number of amides is 2. The number of nitriles is 1. The quantitative estimate of drug-likeness (QED) is 0.00976. The van der Waals surface area contributed by atoms with Crippen molar-refractivity contribution >= 4 is 62.3 Å². The second kappa shape index (κ2) is 54.5. The first-order chi connectivity index (χ1) is 66.2. The molecular weight excluding hydrogens is 1880 g/mol. The molecular formula is C109H133Cl3F3N17NiO7. The van der Waals surface area contributed by atoms with Crippen molar-refractivity contribution in [3.05, 3.63) is 353 Å². The Bertz CT molecular complexity index is 6100. The van der Waals surface area contributed by atoms with Crippen molar-refractivity contribution in [3.8, 4) is 23.1 Å². The van der Waals surface area contributed by atoms with Crippen LogP contribution in [0.1, 0.15) is 245 Å². The van der Waals surface area contributed by atoms with Gasteiger partial charge in [-0.15, -0.1) is 12.4 Å². The van der Waals surface area contributed by atoms with Crippen LogP contribution in [-0.2, 0) is 74.0 Å². The van der Waals surface area contributed by atoms with Gasteiger partial charge in [0.25, 0.3) is 0 Å². The standard InChI is InChI=1S/C37H43FN4O3.C36H38FN5O3.C31H34FN5O.C4H13N3.CH4.3ClH.Ni/c1-6-25-8-7-9-31(19-25)42-33(18-24(2)41-42)34(43)21-30-20-29(16-17-32(30)38)35(39-22-26-10-11-26)28-14-12-27(13-15-28)23-40-36(44)45-37(3,4)5;1-23-16-32(42(41-23)30-7-5-6-26(17-30)22-40-35(44)45-36(2,3)4)33(43)19-29-18-28(14-15-31(29)37)34(39-21-25-8-9-25)27-12-10-24(20-38)11-13-27;1-20-13-29(37(36-20)27-4-2-3-23(14-27)18-34)30(38)16-26-15-25(11-12-28(26)32)31(35-19-22-5-6-22)24-9-7-21(17-33)8-10-24;5-1-3-7-4-2-6;;;;;/h7-9,12-20,26,35,39H,6,10-11,21-23H2,1-5H3,(H,40,44);5-7,10-18,25,34,39H,8-9,19,21-22H2,1-4H3,(H,40,44);2-4,7-15,22,31,35H,5-6,16-19,33-34H2,1H3;7H,1-6H2;1H4;3*1H;/q;;;;;;;;+2/p-2. The second-order valence-electron chi connectivity index (χ2n) is 37.0. The zero-order valence-electron chi connectivity index (χ0n) is 80.5. The summed E-state index contributed by atoms with van der Waals surface area (Å²) in [7, 11) is 9.40. The summed E-state index contributed by atoms with van der Waals surface area (Å²) in [6.07, 6.45) is 6.84. The Morgan fingerprint density at radius 1 is 0.443 bits per heavy atom. The van der Waals surface area contributed by atoms with E-state index in [2.05, 4.69) is 72.3 Å². The minimum absolute atomic E-state index is 0. The minimum atomic E-state index is -0.607. The van der Waals surface area contributed by atoms with Crippen LogP contribution in [0.15, 0.2) is 218 Å². The van der Waals surface area contributed by atoms with E-state index >= 15 is 13.2 Å². The SMILES string of the molecule is C.CCc1cccc(-n2nc(C)cc2C(=O)Cc2cc(C(NCC3CC3)c3ccc(CNC(=O)OC(C)(C)C)cc3)ccc2F)c1.Cc1cc(C(=O)Cc2cc(C(NCC3CC3)c3ccc(C#N)cc3)ccc2F)n(-c2cccc(CNC(=O)OC(C)(C)C)c2)n1.Cc1cc(C(=O)Cc2cc(C(NCC3CC3)c3ccc(CN)cc3)ccc2F)n(-c2cccc(CN)c2)n1.Cl.NCCNCCN.[Cl][Ni][Cl]. The number of halogens is 6. The third kappa shape index (κ3) is 34.7. The Morgan fingerprint density at radius 2 is 0.750 bits per heavy atom. The van der Waals surface area contributed by atoms with E-state index in [4.69, 9.17) is 52.8 Å². The van der Waals surface area contributed by atoms with Crippen molar-refractivity contribution in [2.45, 2.75) is 196 Å². The fraction of sp³-hybridized carbons (Fsp3) is 0.367. The zero-order chi connectivity index (χ0) is 99.2. The number of Topliss-reactive ketones (excluding diaryl/α,β-unsaturated/α-hetero) is 3. The third-order valence-corrected chi connectivity index (χ3v) is 23.2. The molecule has 14 N–H and O–H groups in total. The number of ether oxygens (including phenoxy) is 2. The van der Waals surface area contributed by atoms with Crippen LogP contribution < -0.4 is 54.8 Å². The number of ketones is 3. The number of nitrogens with zero attached hydrogens (tertiary/aromatic N) is 7. The van der Waals surface area contributed by atoms with Gasteiger partial charge in [0.2, 0.25) is 0 Å². The van der Waals surface area contributed by atoms with Crippen LogP contribution in [0.25, 0.3) is 17.1 Å². The van der Waals surface area contributed by atoms with Crippen molar-refractivity contribution in [3.63, 3.8) is 0 Å². The number of benzene rings is 9. The van der Waals surface area contributed by atoms with Gasteiger partial charge in [-0.05, 0) is 307 Å². The average Bonchev–Trinajstić information content (AvgIpc) is 1.79. The Kier molecular flexibility index (Phi) is 43.6. The van der Waals surface area contributed by atoms with E-state index in [9.17, 15) is 29.2 Å². The van der Waals surface area contributed by atoms with Crippen molar-refractivity contribution in [1.29, 1.82) is 5.26 Å². The molecule has 3 unspecified atom stereocenters. The van der Waals surface area contributed by atoms with E-state index in [0.29, 0.717) is 120 Å². The predicted octanol–water partition coefficient (Wildman–Crippen LogP) is 19.8. The van der Waals surface area contributed by atoms with Gasteiger partial charge < -0.3 is 64.3 Å². The van der Waals surface area contributed by atoms with Crippen LogP contribution in [0.2, 0.25) is 0 Å². The summed E-state index contributed by atoms with van der Waals surface area (Å²) in [4.78, 5) is 65.1. The molecule has 3 heterocycles. The zero-order valence-corrected chi connectivity index (χ0v) is 83.8. The first-order valence-electron chi connectivity index (χ1n) is 46.8. The molecule has 0 spiro atoms. The predicted molar refractivity (Wildman–Crippen MR) is 548 cm³/mol. The van der Waals surface area contributed by atoms with Gasteiger partial charge in [-0.1, -0.05) is 148 Å². The van der Waals surface area contributed by atoms with Gasteiger partial charge in [0.05, 0.1) is 63.9 Å². The maximum atomic E-state index is 15.2. The monoisotopic (exact) mass is 2010 g/mol. The van der Waals surface area contributed by atoms with Crippen LogP contribution in [-0.4, -0.2) is 116 Å². The molecule has 3 aromatic heterocycles. The number of aryl methyl sites for hydroxylation is 4. The molecule has 15 rings (SSSR count). The van der Waals surface area contributed by atoms with Gasteiger partial charge in [-0.2, -0.15) is 20.6 Å². The van der Waals surface area contributed by atoms with Gasteiger partial charge >= 0.3 is 45.2 Å². The number of nitrogens with one attached hydrogen (secondary N) is 6. The third-order valence-electron chi connectivity index (χ3n) is 23.2. The molecule has 31 heteroatoms. The Balaban J connectivity index is 0.000000222. The van der Waals surface area contributed by atoms with Crippen LogP contribution in [0, 0.1) is 67.3 Å². The van der Waals surface area contributed by atoms with E-state index in [0.717, 1.165) is 117 Å². The van der Waals surface area contributed by atoms with Crippen molar-refractivity contribution in [1.82, 2.24) is 61.2 Å². The molecule has 2 amide bonds. The fourth-order valence-corrected chi connectivity index (χ4v) is 15.6. The second-order valence-corrected chi connectivity index (χ2v) is 38.7. The van der Waals surface area contributed by atoms with Crippen molar-refractivity contribution in [2.75, 3.05) is 45.8 Å². The van der Waals surface area contributed by atoms with E-state index in [1.165, 1.54) is 56.7 Å². The number of aromatic nitrogens is 6. The molecule has 9 aromatic carbocycles. The number of hydrogen-bond donors (Lipinski definition) is 10. The normalized spacial score (nSPS) is 13.2. The number of alkyl carbamates (subject to hydrolysis) is 2. The van der Waals surface area contributed by atoms with Crippen LogP contribution >= 0.6 is 32.8 Å². The summed E-state index contributed by atoms with van der Waals surface area (Å²) < 4.78 is 61.0. The Morgan fingerprint density at radius 3 is 1.07 bits per heavy atom. The molecule has 3 saturated carbocycles. The first kappa shape index (κ1) is 112. The molecule has 24 nitrogen and oxygen atoms in total. The maximum absolute atomic E-state index is 15.2. The molecule has 3 aliphatic carbocycles.